The SMILES string of the molecule is CC(C)(C)c1ccnc(-n2c3[c-]c(Oc4[c-]c(N5[CH-]N(c6c(-c7ccccc7)cc(C(C)(C)C)cc6-c6ccccc6)c6ccccc65)cc([Si]5(c6ccccc6)c6ccccc6-c6ccccc65)c4)ccc3c3ccccc32)c1.[Pt]. The summed E-state index contributed by atoms with van der Waals surface area (Å²) in [5.41, 5.74) is 15.5. The smallest absolute Gasteiger partial charge is 0.157 e. The first-order valence-corrected chi connectivity index (χ1v) is 29.7. The van der Waals surface area contributed by atoms with Crippen LogP contribution in [-0.4, -0.2) is 17.6 Å². The molecule has 0 radical (unpaired) electrons. The molecule has 81 heavy (non-hydrogen) atoms. The van der Waals surface area contributed by atoms with E-state index in [1.54, 1.807) is 0 Å². The monoisotopic (exact) mass is 1240 g/mol. The molecule has 0 N–H and O–H groups in total. The molecule has 2 aliphatic heterocycles. The summed E-state index contributed by atoms with van der Waals surface area (Å²) in [7, 11) is -3.08. The van der Waals surface area contributed by atoms with Crippen molar-refractivity contribution in [2.24, 2.45) is 0 Å². The van der Waals surface area contributed by atoms with Crippen molar-refractivity contribution in [3.05, 3.63) is 273 Å². The van der Waals surface area contributed by atoms with Crippen molar-refractivity contribution in [2.75, 3.05) is 9.80 Å². The number of hydrogen-bond acceptors (Lipinski definition) is 4. The zero-order valence-electron chi connectivity index (χ0n) is 46.2. The number of aromatic nitrogens is 2. The Hall–Kier alpha value is -8.54. The fraction of sp³-hybridized carbons (Fsp3) is 0.108. The maximum absolute atomic E-state index is 7.33. The zero-order chi connectivity index (χ0) is 54.3. The minimum absolute atomic E-state index is 0. The minimum Gasteiger partial charge on any atom is -0.509 e. The molecule has 2 aromatic heterocycles. The fourth-order valence-electron chi connectivity index (χ4n) is 12.4. The van der Waals surface area contributed by atoms with E-state index in [0.29, 0.717) is 11.5 Å². The number of fused-ring (bicyclic) bond motifs is 7. The van der Waals surface area contributed by atoms with Crippen LogP contribution >= 0.6 is 0 Å². The summed E-state index contributed by atoms with van der Waals surface area (Å²) in [6.07, 6.45) is 1.92. The molecule has 5 nitrogen and oxygen atoms in total. The van der Waals surface area contributed by atoms with Gasteiger partial charge >= 0.3 is 0 Å². The number of nitrogens with zero attached hydrogens (tertiary/aromatic N) is 4. The van der Waals surface area contributed by atoms with Gasteiger partial charge in [0.05, 0.1) is 0 Å². The van der Waals surface area contributed by atoms with Crippen molar-refractivity contribution < 1.29 is 25.8 Å². The molecule has 2 aliphatic rings. The topological polar surface area (TPSA) is 33.5 Å². The predicted molar refractivity (Wildman–Crippen MR) is 335 cm³/mol. The van der Waals surface area contributed by atoms with Gasteiger partial charge in [0.25, 0.3) is 0 Å². The van der Waals surface area contributed by atoms with E-state index in [-0.39, 0.29) is 31.9 Å². The van der Waals surface area contributed by atoms with Gasteiger partial charge in [-0.2, -0.15) is 6.07 Å². The van der Waals surface area contributed by atoms with Crippen molar-refractivity contribution >= 4 is 73.4 Å². The molecule has 0 unspecified atom stereocenters. The van der Waals surface area contributed by atoms with Gasteiger partial charge in [-0.05, 0) is 108 Å². The van der Waals surface area contributed by atoms with Crippen molar-refractivity contribution in [1.29, 1.82) is 0 Å². The molecule has 0 amide bonds. The number of rotatable bonds is 9. The summed E-state index contributed by atoms with van der Waals surface area (Å²) in [4.78, 5) is 9.72. The first-order valence-electron chi connectivity index (χ1n) is 27.7. The van der Waals surface area contributed by atoms with E-state index in [0.717, 1.165) is 72.6 Å². The normalized spacial score (nSPS) is 13.5. The number of para-hydroxylation sites is 3. The minimum atomic E-state index is -3.08. The van der Waals surface area contributed by atoms with Crippen molar-refractivity contribution in [1.82, 2.24) is 9.55 Å². The van der Waals surface area contributed by atoms with Crippen molar-refractivity contribution in [3.8, 4) is 50.7 Å². The Labute approximate surface area is 491 Å². The van der Waals surface area contributed by atoms with Gasteiger partial charge in [-0.15, -0.1) is 53.3 Å². The molecular weight excluding hydrogens is 1180 g/mol. The van der Waals surface area contributed by atoms with Crippen LogP contribution in [0.1, 0.15) is 52.7 Å². The van der Waals surface area contributed by atoms with Crippen LogP contribution in [0.2, 0.25) is 0 Å². The zero-order valence-corrected chi connectivity index (χ0v) is 49.5. The molecule has 4 heterocycles. The standard InChI is InChI=1S/C74H59N4OSi.Pt/c1-73(2,3)52-40-41-75-71(44-52)78-65-33-19-16-30-59(65)60-39-38-55(48-68(60)78)79-56-45-54(46-58(47-56)80(57-28-14-9-15-29-57)69-36-22-17-31-61(69)62-32-18-23-37-70(62)80)76-49-77(67-35-21-20-34-66(67)76)72-63(50-24-10-7-11-25-50)42-53(74(4,5)6)43-64(72)51-26-12-8-13-27-51;/h7-44,46-47,49H,1-6H3;/q-3;. The third-order valence-corrected chi connectivity index (χ3v) is 21.2. The van der Waals surface area contributed by atoms with E-state index >= 15 is 0 Å². The number of anilines is 4. The third-order valence-electron chi connectivity index (χ3n) is 16.3. The van der Waals surface area contributed by atoms with E-state index in [1.165, 1.54) is 43.0 Å². The van der Waals surface area contributed by atoms with Gasteiger partial charge in [0, 0.05) is 72.5 Å². The molecule has 0 fully saturated rings. The Kier molecular flexibility index (Phi) is 12.9. The van der Waals surface area contributed by atoms with Crippen molar-refractivity contribution in [2.45, 2.75) is 52.4 Å². The quantitative estimate of drug-likeness (QED) is 0.107. The summed E-state index contributed by atoms with van der Waals surface area (Å²) in [5.74, 6) is 2.03. The van der Waals surface area contributed by atoms with Crippen molar-refractivity contribution in [3.63, 3.8) is 0 Å². The molecule has 0 saturated carbocycles. The van der Waals surface area contributed by atoms with E-state index in [4.69, 9.17) is 9.72 Å². The molecule has 10 aromatic carbocycles. The van der Waals surface area contributed by atoms with Crippen LogP contribution in [0.3, 0.4) is 0 Å². The molecule has 398 valence electrons. The molecule has 12 aromatic rings. The Morgan fingerprint density at radius 1 is 0.457 bits per heavy atom. The second-order valence-electron chi connectivity index (χ2n) is 23.3. The van der Waals surface area contributed by atoms with Gasteiger partial charge < -0.3 is 19.1 Å². The molecule has 0 atom stereocenters. The largest absolute Gasteiger partial charge is 0.509 e. The fourth-order valence-corrected chi connectivity index (χ4v) is 17.6. The van der Waals surface area contributed by atoms with Gasteiger partial charge in [-0.1, -0.05) is 217 Å². The summed E-state index contributed by atoms with van der Waals surface area (Å²) in [6.45, 7) is 15.9. The Morgan fingerprint density at radius 3 is 1.64 bits per heavy atom. The summed E-state index contributed by atoms with van der Waals surface area (Å²) in [5, 5.41) is 7.40. The van der Waals surface area contributed by atoms with E-state index in [2.05, 4.69) is 311 Å². The summed E-state index contributed by atoms with van der Waals surface area (Å²) in [6, 6.07) is 94.1. The number of benzene rings is 10. The average Bonchev–Trinajstić information content (AvgIpc) is 4.33. The third kappa shape index (κ3) is 8.75. The van der Waals surface area contributed by atoms with Crippen LogP contribution in [-0.2, 0) is 31.9 Å². The van der Waals surface area contributed by atoms with E-state index in [9.17, 15) is 0 Å². The Balaban J connectivity index is 0.00000618. The predicted octanol–water partition coefficient (Wildman–Crippen LogP) is 16.3. The second-order valence-corrected chi connectivity index (χ2v) is 27.0. The molecule has 14 rings (SSSR count). The Bertz CT molecular complexity index is 4240. The first-order chi connectivity index (χ1) is 38.9. The van der Waals surface area contributed by atoms with Crippen LogP contribution < -0.4 is 35.3 Å². The van der Waals surface area contributed by atoms with Crippen LogP contribution in [0.5, 0.6) is 11.5 Å². The van der Waals surface area contributed by atoms with Crippen LogP contribution in [0, 0.1) is 18.8 Å². The molecule has 0 bridgehead atoms. The van der Waals surface area contributed by atoms with Gasteiger partial charge in [0.2, 0.25) is 0 Å². The van der Waals surface area contributed by atoms with Gasteiger partial charge in [0.15, 0.2) is 8.07 Å². The maximum Gasteiger partial charge on any atom is 0.157 e. The molecular formula is C74H59N4OPtSi-3. The number of ether oxygens (including phenoxy) is 1. The average molecular weight is 1240 g/mol. The first kappa shape index (κ1) is 51.9. The molecule has 7 heteroatoms. The summed E-state index contributed by atoms with van der Waals surface area (Å²) < 4.78 is 9.56. The van der Waals surface area contributed by atoms with Crippen LogP contribution in [0.15, 0.2) is 243 Å². The maximum atomic E-state index is 7.33. The molecule has 0 aliphatic carbocycles. The van der Waals surface area contributed by atoms with Crippen LogP contribution in [0.25, 0.3) is 61.0 Å². The second kappa shape index (κ2) is 20.2. The molecule has 0 saturated heterocycles. The Morgan fingerprint density at radius 2 is 1.01 bits per heavy atom. The van der Waals surface area contributed by atoms with Gasteiger partial charge in [-0.3, -0.25) is 0 Å². The van der Waals surface area contributed by atoms with Crippen LogP contribution in [0.4, 0.5) is 22.7 Å². The number of hydrogen-bond donors (Lipinski definition) is 0. The van der Waals surface area contributed by atoms with E-state index in [1.807, 2.05) is 6.20 Å². The van der Waals surface area contributed by atoms with Gasteiger partial charge in [0.1, 0.15) is 5.82 Å². The molecule has 0 spiro atoms. The number of pyridine rings is 1. The van der Waals surface area contributed by atoms with E-state index < -0.39 is 8.07 Å². The van der Waals surface area contributed by atoms with Gasteiger partial charge in [-0.25, -0.2) is 4.98 Å². The summed E-state index contributed by atoms with van der Waals surface area (Å²) >= 11 is 0.